The van der Waals surface area contributed by atoms with Crippen LogP contribution in [0.5, 0.6) is 0 Å². The van der Waals surface area contributed by atoms with Crippen LogP contribution in [0.3, 0.4) is 0 Å². The molecule has 0 N–H and O–H groups in total. The number of carbonyl (C=O) groups is 3. The smallest absolute Gasteiger partial charge is 0.306 e. The van der Waals surface area contributed by atoms with Crippen molar-refractivity contribution in [2.75, 3.05) is 13.2 Å². The van der Waals surface area contributed by atoms with Gasteiger partial charge in [-0.2, -0.15) is 0 Å². The van der Waals surface area contributed by atoms with Crippen molar-refractivity contribution in [1.29, 1.82) is 0 Å². The minimum absolute atomic E-state index is 0.0901. The zero-order valence-corrected chi connectivity index (χ0v) is 47.5. The predicted octanol–water partition coefficient (Wildman–Crippen LogP) is 21.0. The minimum atomic E-state index is -0.798. The first kappa shape index (κ1) is 68.4. The Bertz CT molecular complexity index is 1230. The molecule has 0 saturated heterocycles. The van der Waals surface area contributed by atoms with Crippen molar-refractivity contribution in [2.24, 2.45) is 0 Å². The topological polar surface area (TPSA) is 78.9 Å². The van der Waals surface area contributed by atoms with Gasteiger partial charge in [-0.3, -0.25) is 14.4 Å². The molecule has 0 aliphatic rings. The van der Waals surface area contributed by atoms with Crippen LogP contribution >= 0.6 is 0 Å². The number of rotatable bonds is 57. The van der Waals surface area contributed by atoms with Crippen LogP contribution < -0.4 is 0 Å². The summed E-state index contributed by atoms with van der Waals surface area (Å²) in [6.07, 6.45) is 74.2. The van der Waals surface area contributed by atoms with Crippen LogP contribution in [0.2, 0.25) is 0 Å². The van der Waals surface area contributed by atoms with Crippen molar-refractivity contribution in [1.82, 2.24) is 0 Å². The Kier molecular flexibility index (Phi) is 57.7. The highest BCUT2D eigenvalue weighted by atomic mass is 16.6. The zero-order chi connectivity index (χ0) is 51.4. The van der Waals surface area contributed by atoms with Crippen LogP contribution in [0.4, 0.5) is 0 Å². The maximum absolute atomic E-state index is 12.9. The van der Waals surface area contributed by atoms with Crippen molar-refractivity contribution in [3.8, 4) is 0 Å². The van der Waals surface area contributed by atoms with E-state index in [4.69, 9.17) is 14.2 Å². The maximum Gasteiger partial charge on any atom is 0.306 e. The third-order valence-corrected chi connectivity index (χ3v) is 13.9. The van der Waals surface area contributed by atoms with E-state index >= 15 is 0 Å². The molecule has 0 aliphatic heterocycles. The number of esters is 3. The molecule has 71 heavy (non-hydrogen) atoms. The highest BCUT2D eigenvalue weighted by molar-refractivity contribution is 5.71. The summed E-state index contributed by atoms with van der Waals surface area (Å²) in [6.45, 7) is 6.52. The zero-order valence-electron chi connectivity index (χ0n) is 47.5. The number of hydrogen-bond acceptors (Lipinski definition) is 6. The average molecular weight is 996 g/mol. The van der Waals surface area contributed by atoms with E-state index in [-0.39, 0.29) is 37.5 Å². The van der Waals surface area contributed by atoms with Crippen LogP contribution in [0.1, 0.15) is 329 Å². The third-order valence-electron chi connectivity index (χ3n) is 13.9. The molecule has 0 aromatic heterocycles. The van der Waals surface area contributed by atoms with Crippen molar-refractivity contribution >= 4 is 17.9 Å². The fraction of sp³-hybridized carbons (Fsp3) is 0.831. The van der Waals surface area contributed by atoms with Gasteiger partial charge >= 0.3 is 17.9 Å². The maximum atomic E-state index is 12.9. The van der Waals surface area contributed by atoms with Crippen molar-refractivity contribution in [3.05, 3.63) is 48.6 Å². The Morgan fingerprint density at radius 3 is 0.859 bits per heavy atom. The molecule has 0 aromatic carbocycles. The van der Waals surface area contributed by atoms with E-state index in [1.165, 1.54) is 218 Å². The summed E-state index contributed by atoms with van der Waals surface area (Å²) in [6, 6.07) is 0. The van der Waals surface area contributed by atoms with Gasteiger partial charge in [-0.25, -0.2) is 0 Å². The Hall–Kier alpha value is -2.63. The quantitative estimate of drug-likeness (QED) is 0.0261. The van der Waals surface area contributed by atoms with Crippen molar-refractivity contribution in [2.45, 2.75) is 335 Å². The van der Waals surface area contributed by atoms with Gasteiger partial charge in [0.2, 0.25) is 0 Å². The fourth-order valence-electron chi connectivity index (χ4n) is 9.22. The number of carbonyl (C=O) groups excluding carboxylic acids is 3. The summed E-state index contributed by atoms with van der Waals surface area (Å²) >= 11 is 0. The largest absolute Gasteiger partial charge is 0.462 e. The van der Waals surface area contributed by atoms with Gasteiger partial charge in [0.1, 0.15) is 13.2 Å². The molecule has 6 nitrogen and oxygen atoms in total. The second kappa shape index (κ2) is 59.9. The summed E-state index contributed by atoms with van der Waals surface area (Å²) in [5.74, 6) is -0.954. The monoisotopic (exact) mass is 995 g/mol. The van der Waals surface area contributed by atoms with Gasteiger partial charge in [0.15, 0.2) is 6.10 Å². The second-order valence-electron chi connectivity index (χ2n) is 21.0. The van der Waals surface area contributed by atoms with E-state index in [0.717, 1.165) is 64.2 Å². The summed E-state index contributed by atoms with van der Waals surface area (Å²) < 4.78 is 16.8. The van der Waals surface area contributed by atoms with Crippen LogP contribution in [0, 0.1) is 0 Å². The fourth-order valence-corrected chi connectivity index (χ4v) is 9.22. The predicted molar refractivity (Wildman–Crippen MR) is 307 cm³/mol. The molecule has 6 heteroatoms. The minimum Gasteiger partial charge on any atom is -0.462 e. The van der Waals surface area contributed by atoms with Gasteiger partial charge in [0.05, 0.1) is 0 Å². The molecule has 0 bridgehead atoms. The van der Waals surface area contributed by atoms with Gasteiger partial charge in [0.25, 0.3) is 0 Å². The molecule has 0 aromatic rings. The van der Waals surface area contributed by atoms with Crippen LogP contribution in [-0.4, -0.2) is 37.2 Å². The van der Waals surface area contributed by atoms with E-state index in [0.29, 0.717) is 19.3 Å². The molecule has 0 radical (unpaired) electrons. The normalized spacial score (nSPS) is 12.3. The van der Waals surface area contributed by atoms with Gasteiger partial charge in [-0.1, -0.05) is 313 Å². The molecule has 414 valence electrons. The Balaban J connectivity index is 4.31. The van der Waals surface area contributed by atoms with E-state index in [9.17, 15) is 14.4 Å². The van der Waals surface area contributed by atoms with Crippen LogP contribution in [-0.2, 0) is 28.6 Å². The van der Waals surface area contributed by atoms with Crippen LogP contribution in [0.25, 0.3) is 0 Å². The summed E-state index contributed by atoms with van der Waals surface area (Å²) in [7, 11) is 0. The second-order valence-corrected chi connectivity index (χ2v) is 21.0. The van der Waals surface area contributed by atoms with Gasteiger partial charge < -0.3 is 14.2 Å². The lowest BCUT2D eigenvalue weighted by Crippen LogP contribution is -2.30. The first-order valence-corrected chi connectivity index (χ1v) is 31.1. The van der Waals surface area contributed by atoms with E-state index in [2.05, 4.69) is 63.3 Å². The first-order chi connectivity index (χ1) is 35.0. The Morgan fingerprint density at radius 2 is 0.549 bits per heavy atom. The van der Waals surface area contributed by atoms with Crippen molar-refractivity contribution < 1.29 is 28.6 Å². The number of ether oxygens (including phenoxy) is 3. The standard InChI is InChI=1S/C65H118O6/c1-4-7-10-13-16-19-22-25-27-29-31-32-33-34-36-37-40-43-46-49-52-55-58-64(67)70-61-62(60-69-63(66)57-54-51-48-45-42-39-24-21-18-15-12-9-6-3)71-65(68)59-56-53-50-47-44-41-38-35-30-28-26-23-20-17-14-11-8-5-2/h9,12,18,21,39,42,48,51,62H,4-8,10-11,13-17,19-20,22-38,40-41,43-47,49-50,52-61H2,1-3H3/b12-9-,21-18-,42-39-,51-48-. The van der Waals surface area contributed by atoms with Gasteiger partial charge in [-0.05, 0) is 44.9 Å². The number of unbranched alkanes of at least 4 members (excludes halogenated alkanes) is 38. The molecular formula is C65H118O6. The molecule has 0 aliphatic carbocycles. The number of hydrogen-bond donors (Lipinski definition) is 0. The molecule has 0 rings (SSSR count). The molecule has 1 atom stereocenters. The summed E-state index contributed by atoms with van der Waals surface area (Å²) in [5.41, 5.74) is 0. The van der Waals surface area contributed by atoms with Crippen LogP contribution in [0.15, 0.2) is 48.6 Å². The molecule has 0 heterocycles. The molecule has 1 unspecified atom stereocenters. The third kappa shape index (κ3) is 58.1. The SMILES string of the molecule is CC/C=C\C/C=C\C/C=C\C/C=C\CCC(=O)OCC(COC(=O)CCCCCCCCCCCCCCCCCCCCCCCC)OC(=O)CCCCCCCCCCCCCCCCCCCC. The summed E-state index contributed by atoms with van der Waals surface area (Å²) in [4.78, 5) is 38.2. The Labute approximate surface area is 441 Å². The molecule has 0 amide bonds. The Morgan fingerprint density at radius 1 is 0.296 bits per heavy atom. The highest BCUT2D eigenvalue weighted by Crippen LogP contribution is 2.18. The van der Waals surface area contributed by atoms with E-state index < -0.39 is 6.10 Å². The van der Waals surface area contributed by atoms with E-state index in [1.807, 2.05) is 6.08 Å². The van der Waals surface area contributed by atoms with Gasteiger partial charge in [0, 0.05) is 19.3 Å². The highest BCUT2D eigenvalue weighted by Gasteiger charge is 2.19. The van der Waals surface area contributed by atoms with E-state index in [1.54, 1.807) is 0 Å². The summed E-state index contributed by atoms with van der Waals surface area (Å²) in [5, 5.41) is 0. The average Bonchev–Trinajstić information content (AvgIpc) is 3.37. The molecule has 0 fully saturated rings. The molecule has 0 spiro atoms. The molecule has 0 saturated carbocycles. The lowest BCUT2D eigenvalue weighted by molar-refractivity contribution is -0.166. The van der Waals surface area contributed by atoms with Gasteiger partial charge in [-0.15, -0.1) is 0 Å². The first-order valence-electron chi connectivity index (χ1n) is 31.1. The lowest BCUT2D eigenvalue weighted by Gasteiger charge is -2.18. The van der Waals surface area contributed by atoms with Crippen molar-refractivity contribution in [3.63, 3.8) is 0 Å². The molecular weight excluding hydrogens is 877 g/mol. The number of allylic oxidation sites excluding steroid dienone is 8. The lowest BCUT2D eigenvalue weighted by atomic mass is 10.0.